The molecule has 0 fully saturated rings. The van der Waals surface area contributed by atoms with Gasteiger partial charge < -0.3 is 19.9 Å². The van der Waals surface area contributed by atoms with Gasteiger partial charge in [-0.25, -0.2) is 4.79 Å². The summed E-state index contributed by atoms with van der Waals surface area (Å²) in [5.74, 6) is 0.854. The average molecular weight is 342 g/mol. The lowest BCUT2D eigenvalue weighted by molar-refractivity contribution is 0.530. The van der Waals surface area contributed by atoms with Crippen LogP contribution in [-0.4, -0.2) is 13.1 Å². The third kappa shape index (κ3) is 3.48. The first-order chi connectivity index (χ1) is 12.0. The van der Waals surface area contributed by atoms with Crippen molar-refractivity contribution in [1.82, 2.24) is 5.32 Å². The standard InChI is InChI=1S/C20H26N2O3/c1-12-9-15-10-16-13(2)17(11-22-8-6-4-5-7-21)20(23)25-19(16)14(3)18(15)24-12/h9-10,22H,4-8,11,21H2,1-3H3. The van der Waals surface area contributed by atoms with Crippen LogP contribution in [0.1, 0.15) is 41.7 Å². The number of hydrogen-bond acceptors (Lipinski definition) is 5. The molecule has 1 aromatic carbocycles. The maximum Gasteiger partial charge on any atom is 0.341 e. The maximum absolute atomic E-state index is 12.5. The lowest BCUT2D eigenvalue weighted by atomic mass is 10.0. The number of aryl methyl sites for hydroxylation is 3. The molecule has 0 atom stereocenters. The highest BCUT2D eigenvalue weighted by atomic mass is 16.4. The number of hydrogen-bond donors (Lipinski definition) is 2. The first kappa shape index (κ1) is 17.7. The fourth-order valence-electron chi connectivity index (χ4n) is 3.33. The number of benzene rings is 1. The topological polar surface area (TPSA) is 81.4 Å². The Morgan fingerprint density at radius 3 is 2.56 bits per heavy atom. The molecule has 2 aromatic heterocycles. The van der Waals surface area contributed by atoms with Crippen LogP contribution in [0.25, 0.3) is 21.9 Å². The molecule has 5 nitrogen and oxygen atoms in total. The van der Waals surface area contributed by atoms with Crippen LogP contribution < -0.4 is 16.7 Å². The summed E-state index contributed by atoms with van der Waals surface area (Å²) in [5.41, 5.74) is 9.19. The Labute approximate surface area is 147 Å². The summed E-state index contributed by atoms with van der Waals surface area (Å²) in [6, 6.07) is 4.07. The highest BCUT2D eigenvalue weighted by Gasteiger charge is 2.16. The van der Waals surface area contributed by atoms with Gasteiger partial charge in [0.2, 0.25) is 0 Å². The fraction of sp³-hybridized carbons (Fsp3) is 0.450. The lowest BCUT2D eigenvalue weighted by Gasteiger charge is -2.10. The van der Waals surface area contributed by atoms with E-state index in [9.17, 15) is 4.79 Å². The summed E-state index contributed by atoms with van der Waals surface area (Å²) in [5, 5.41) is 5.36. The van der Waals surface area contributed by atoms with Crippen LogP contribution in [0.3, 0.4) is 0 Å². The van der Waals surface area contributed by atoms with Crippen molar-refractivity contribution in [3.8, 4) is 0 Å². The van der Waals surface area contributed by atoms with Gasteiger partial charge >= 0.3 is 5.63 Å². The molecule has 0 amide bonds. The van der Waals surface area contributed by atoms with Crippen LogP contribution >= 0.6 is 0 Å². The van der Waals surface area contributed by atoms with Gasteiger partial charge in [-0.2, -0.15) is 0 Å². The van der Waals surface area contributed by atoms with Gasteiger partial charge in [-0.15, -0.1) is 0 Å². The Kier molecular flexibility index (Phi) is 5.25. The quantitative estimate of drug-likeness (QED) is 0.505. The van der Waals surface area contributed by atoms with Crippen molar-refractivity contribution in [2.45, 2.75) is 46.6 Å². The molecule has 3 aromatic rings. The number of furan rings is 1. The number of rotatable bonds is 7. The first-order valence-electron chi connectivity index (χ1n) is 8.89. The molecule has 0 spiro atoms. The molecule has 3 N–H and O–H groups in total. The molecule has 0 saturated heterocycles. The highest BCUT2D eigenvalue weighted by molar-refractivity contribution is 5.98. The molecule has 0 saturated carbocycles. The van der Waals surface area contributed by atoms with Crippen LogP contribution in [0.2, 0.25) is 0 Å². The Morgan fingerprint density at radius 1 is 1.00 bits per heavy atom. The van der Waals surface area contributed by atoms with Crippen molar-refractivity contribution in [3.63, 3.8) is 0 Å². The van der Waals surface area contributed by atoms with Gasteiger partial charge in [0.25, 0.3) is 0 Å². The molecule has 5 heteroatoms. The van der Waals surface area contributed by atoms with Crippen molar-refractivity contribution in [2.75, 3.05) is 13.1 Å². The molecule has 25 heavy (non-hydrogen) atoms. The average Bonchev–Trinajstić information content (AvgIpc) is 2.96. The SMILES string of the molecule is Cc1cc2cc3c(C)c(CNCCCCCN)c(=O)oc3c(C)c2o1. The normalized spacial score (nSPS) is 11.7. The third-order valence-corrected chi connectivity index (χ3v) is 4.77. The van der Waals surface area contributed by atoms with E-state index in [2.05, 4.69) is 11.4 Å². The Balaban J connectivity index is 1.92. The summed E-state index contributed by atoms with van der Waals surface area (Å²) in [4.78, 5) is 12.5. The predicted octanol–water partition coefficient (Wildman–Crippen LogP) is 3.68. The van der Waals surface area contributed by atoms with E-state index >= 15 is 0 Å². The molecule has 3 rings (SSSR count). The second-order valence-electron chi connectivity index (χ2n) is 6.67. The van der Waals surface area contributed by atoms with Crippen LogP contribution in [0.4, 0.5) is 0 Å². The summed E-state index contributed by atoms with van der Waals surface area (Å²) < 4.78 is 11.4. The minimum Gasteiger partial charge on any atom is -0.461 e. The van der Waals surface area contributed by atoms with Gasteiger partial charge in [0.05, 0.1) is 5.56 Å². The van der Waals surface area contributed by atoms with E-state index in [-0.39, 0.29) is 5.63 Å². The monoisotopic (exact) mass is 342 g/mol. The Bertz CT molecular complexity index is 953. The molecule has 134 valence electrons. The van der Waals surface area contributed by atoms with E-state index in [0.717, 1.165) is 65.6 Å². The van der Waals surface area contributed by atoms with E-state index in [4.69, 9.17) is 14.6 Å². The maximum atomic E-state index is 12.5. The molecule has 0 aliphatic carbocycles. The van der Waals surface area contributed by atoms with Crippen LogP contribution in [0.5, 0.6) is 0 Å². The zero-order chi connectivity index (χ0) is 18.0. The van der Waals surface area contributed by atoms with Crippen molar-refractivity contribution in [2.24, 2.45) is 5.73 Å². The van der Waals surface area contributed by atoms with Gasteiger partial charge in [0.1, 0.15) is 16.9 Å². The zero-order valence-electron chi connectivity index (χ0n) is 15.2. The van der Waals surface area contributed by atoms with E-state index in [1.54, 1.807) is 0 Å². The molecular formula is C20H26N2O3. The highest BCUT2D eigenvalue weighted by Crippen LogP contribution is 2.31. The van der Waals surface area contributed by atoms with Gasteiger partial charge in [0, 0.05) is 22.9 Å². The van der Waals surface area contributed by atoms with E-state index < -0.39 is 0 Å². The molecule has 0 aliphatic heterocycles. The second kappa shape index (κ2) is 7.42. The Morgan fingerprint density at radius 2 is 1.80 bits per heavy atom. The largest absolute Gasteiger partial charge is 0.461 e. The van der Waals surface area contributed by atoms with Crippen molar-refractivity contribution < 1.29 is 8.83 Å². The number of nitrogens with one attached hydrogen (secondary N) is 1. The predicted molar refractivity (Wildman–Crippen MR) is 101 cm³/mol. The van der Waals surface area contributed by atoms with Crippen molar-refractivity contribution in [3.05, 3.63) is 45.0 Å². The second-order valence-corrected chi connectivity index (χ2v) is 6.67. The zero-order valence-corrected chi connectivity index (χ0v) is 15.2. The Hall–Kier alpha value is -2.11. The molecule has 0 unspecified atom stereocenters. The number of fused-ring (bicyclic) bond motifs is 2. The van der Waals surface area contributed by atoms with E-state index in [0.29, 0.717) is 17.7 Å². The van der Waals surface area contributed by atoms with Gasteiger partial charge in [-0.05, 0) is 64.4 Å². The van der Waals surface area contributed by atoms with Crippen molar-refractivity contribution >= 4 is 21.9 Å². The van der Waals surface area contributed by atoms with Crippen LogP contribution in [0.15, 0.2) is 25.8 Å². The fourth-order valence-corrected chi connectivity index (χ4v) is 3.33. The minimum absolute atomic E-state index is 0.273. The van der Waals surface area contributed by atoms with E-state index in [1.165, 1.54) is 0 Å². The minimum atomic E-state index is -0.273. The summed E-state index contributed by atoms with van der Waals surface area (Å²) in [6.45, 7) is 7.97. The summed E-state index contributed by atoms with van der Waals surface area (Å²) >= 11 is 0. The van der Waals surface area contributed by atoms with Crippen LogP contribution in [0, 0.1) is 20.8 Å². The van der Waals surface area contributed by atoms with E-state index in [1.807, 2.05) is 26.8 Å². The lowest BCUT2D eigenvalue weighted by Crippen LogP contribution is -2.21. The molecule has 2 heterocycles. The van der Waals surface area contributed by atoms with Gasteiger partial charge in [0.15, 0.2) is 0 Å². The third-order valence-electron chi connectivity index (χ3n) is 4.77. The molecule has 0 radical (unpaired) electrons. The molecule has 0 aliphatic rings. The number of unbranched alkanes of at least 4 members (excludes halogenated alkanes) is 2. The van der Waals surface area contributed by atoms with Crippen LogP contribution in [-0.2, 0) is 6.54 Å². The first-order valence-corrected chi connectivity index (χ1v) is 8.89. The molecule has 0 bridgehead atoms. The summed E-state index contributed by atoms with van der Waals surface area (Å²) in [6.07, 6.45) is 3.20. The summed E-state index contributed by atoms with van der Waals surface area (Å²) in [7, 11) is 0. The van der Waals surface area contributed by atoms with Gasteiger partial charge in [-0.3, -0.25) is 0 Å². The van der Waals surface area contributed by atoms with Gasteiger partial charge in [-0.1, -0.05) is 6.42 Å². The smallest absolute Gasteiger partial charge is 0.341 e. The van der Waals surface area contributed by atoms with Crippen molar-refractivity contribution in [1.29, 1.82) is 0 Å². The molecular weight excluding hydrogens is 316 g/mol. The number of nitrogens with two attached hydrogens (primary N) is 1.